The van der Waals surface area contributed by atoms with E-state index < -0.39 is 0 Å². The Hall–Kier alpha value is -1.58. The maximum Gasteiger partial charge on any atom is 0.240 e. The van der Waals surface area contributed by atoms with Gasteiger partial charge in [-0.3, -0.25) is 0 Å². The molecule has 1 fully saturated rings. The van der Waals surface area contributed by atoms with E-state index in [0.29, 0.717) is 11.9 Å². The van der Waals surface area contributed by atoms with E-state index in [4.69, 9.17) is 5.73 Å². The van der Waals surface area contributed by atoms with Gasteiger partial charge in [-0.05, 0) is 25.0 Å². The van der Waals surface area contributed by atoms with Gasteiger partial charge < -0.3 is 5.73 Å². The summed E-state index contributed by atoms with van der Waals surface area (Å²) in [6.45, 7) is 0. The summed E-state index contributed by atoms with van der Waals surface area (Å²) in [6, 6.07) is 6.03. The Morgan fingerprint density at radius 1 is 1.38 bits per heavy atom. The number of nitrogens with zero attached hydrogens (tertiary/aromatic N) is 3. The standard InChI is InChI=1S/C9H10N4/c10-9-11-8-3-1-2-7(6-4-5-6)13(8)12-9/h1-3,6H,4-5H2,(H2,10,12). The lowest BCUT2D eigenvalue weighted by molar-refractivity contribution is 0.861. The average Bonchev–Trinajstić information content (AvgIpc) is 2.86. The molecule has 4 heteroatoms. The van der Waals surface area contributed by atoms with Gasteiger partial charge in [-0.15, -0.1) is 5.10 Å². The summed E-state index contributed by atoms with van der Waals surface area (Å²) in [6.07, 6.45) is 2.53. The Kier molecular flexibility index (Phi) is 1.17. The number of fused-ring (bicyclic) bond motifs is 1. The van der Waals surface area contributed by atoms with Gasteiger partial charge in [0.25, 0.3) is 0 Å². The molecule has 0 bridgehead atoms. The van der Waals surface area contributed by atoms with Gasteiger partial charge in [0.15, 0.2) is 5.65 Å². The zero-order valence-electron chi connectivity index (χ0n) is 7.14. The monoisotopic (exact) mass is 174 g/mol. The average molecular weight is 174 g/mol. The predicted octanol–water partition coefficient (Wildman–Crippen LogP) is 1.19. The van der Waals surface area contributed by atoms with Crippen LogP contribution in [-0.4, -0.2) is 14.6 Å². The highest BCUT2D eigenvalue weighted by atomic mass is 15.3. The minimum Gasteiger partial charge on any atom is -0.366 e. The molecule has 0 atom stereocenters. The number of aromatic nitrogens is 3. The SMILES string of the molecule is Nc1nc2cccc(C3CC3)n2n1. The minimum absolute atomic E-state index is 0.355. The third kappa shape index (κ3) is 0.983. The molecule has 0 aliphatic heterocycles. The molecule has 66 valence electrons. The Morgan fingerprint density at radius 3 is 3.00 bits per heavy atom. The maximum absolute atomic E-state index is 5.54. The topological polar surface area (TPSA) is 56.2 Å². The third-order valence-electron chi connectivity index (χ3n) is 2.40. The molecule has 0 aromatic carbocycles. The van der Waals surface area contributed by atoms with Crippen molar-refractivity contribution in [2.75, 3.05) is 5.73 Å². The molecule has 2 heterocycles. The molecule has 13 heavy (non-hydrogen) atoms. The van der Waals surface area contributed by atoms with Crippen molar-refractivity contribution in [2.24, 2.45) is 0 Å². The van der Waals surface area contributed by atoms with Crippen molar-refractivity contribution < 1.29 is 0 Å². The Labute approximate surface area is 75.4 Å². The molecular weight excluding hydrogens is 164 g/mol. The predicted molar refractivity (Wildman–Crippen MR) is 49.4 cm³/mol. The quantitative estimate of drug-likeness (QED) is 0.706. The second-order valence-electron chi connectivity index (χ2n) is 3.46. The molecular formula is C9H10N4. The van der Waals surface area contributed by atoms with Gasteiger partial charge in [0, 0.05) is 11.6 Å². The zero-order valence-corrected chi connectivity index (χ0v) is 7.14. The Morgan fingerprint density at radius 2 is 2.23 bits per heavy atom. The summed E-state index contributed by atoms with van der Waals surface area (Å²) in [5.41, 5.74) is 7.62. The lowest BCUT2D eigenvalue weighted by Gasteiger charge is -1.99. The summed E-state index contributed by atoms with van der Waals surface area (Å²) in [5.74, 6) is 1.03. The van der Waals surface area contributed by atoms with Gasteiger partial charge in [-0.2, -0.15) is 4.98 Å². The van der Waals surface area contributed by atoms with Crippen molar-refractivity contribution in [1.82, 2.24) is 14.6 Å². The highest BCUT2D eigenvalue weighted by Crippen LogP contribution is 2.39. The highest BCUT2D eigenvalue weighted by molar-refractivity contribution is 5.43. The van der Waals surface area contributed by atoms with Gasteiger partial charge in [0.05, 0.1) is 0 Å². The molecule has 0 spiro atoms. The summed E-state index contributed by atoms with van der Waals surface area (Å²) in [4.78, 5) is 4.11. The van der Waals surface area contributed by atoms with Crippen molar-refractivity contribution in [2.45, 2.75) is 18.8 Å². The number of hydrogen-bond donors (Lipinski definition) is 1. The van der Waals surface area contributed by atoms with E-state index in [1.165, 1.54) is 18.5 Å². The van der Waals surface area contributed by atoms with Crippen molar-refractivity contribution in [1.29, 1.82) is 0 Å². The van der Waals surface area contributed by atoms with Gasteiger partial charge >= 0.3 is 0 Å². The molecule has 2 aromatic rings. The molecule has 1 aliphatic rings. The lowest BCUT2D eigenvalue weighted by atomic mass is 10.2. The smallest absolute Gasteiger partial charge is 0.240 e. The fourth-order valence-corrected chi connectivity index (χ4v) is 1.63. The Bertz CT molecular complexity index is 456. The largest absolute Gasteiger partial charge is 0.366 e. The molecule has 1 aliphatic carbocycles. The van der Waals surface area contributed by atoms with E-state index in [0.717, 1.165) is 5.65 Å². The Balaban J connectivity index is 2.31. The van der Waals surface area contributed by atoms with Crippen molar-refractivity contribution in [3.05, 3.63) is 23.9 Å². The van der Waals surface area contributed by atoms with Crippen LogP contribution in [-0.2, 0) is 0 Å². The molecule has 0 amide bonds. The lowest BCUT2D eigenvalue weighted by Crippen LogP contribution is -1.96. The van der Waals surface area contributed by atoms with E-state index in [-0.39, 0.29) is 0 Å². The number of hydrogen-bond acceptors (Lipinski definition) is 3. The van der Waals surface area contributed by atoms with Crippen LogP contribution >= 0.6 is 0 Å². The summed E-state index contributed by atoms with van der Waals surface area (Å²) >= 11 is 0. The van der Waals surface area contributed by atoms with E-state index in [1.54, 1.807) is 0 Å². The molecule has 2 aromatic heterocycles. The first kappa shape index (κ1) is 6.88. The number of nitrogen functional groups attached to an aromatic ring is 1. The first-order valence-electron chi connectivity index (χ1n) is 4.46. The fraction of sp³-hybridized carbons (Fsp3) is 0.333. The van der Waals surface area contributed by atoms with Crippen molar-refractivity contribution in [3.63, 3.8) is 0 Å². The first-order valence-corrected chi connectivity index (χ1v) is 4.46. The minimum atomic E-state index is 0.355. The summed E-state index contributed by atoms with van der Waals surface area (Å²) in [7, 11) is 0. The van der Waals surface area contributed by atoms with E-state index >= 15 is 0 Å². The summed E-state index contributed by atoms with van der Waals surface area (Å²) in [5, 5.41) is 4.16. The highest BCUT2D eigenvalue weighted by Gasteiger charge is 2.26. The van der Waals surface area contributed by atoms with E-state index in [2.05, 4.69) is 16.1 Å². The van der Waals surface area contributed by atoms with E-state index in [1.807, 2.05) is 16.6 Å². The summed E-state index contributed by atoms with van der Waals surface area (Å²) < 4.78 is 1.85. The van der Waals surface area contributed by atoms with Crippen LogP contribution in [0.2, 0.25) is 0 Å². The normalized spacial score (nSPS) is 16.6. The third-order valence-corrected chi connectivity index (χ3v) is 2.40. The molecule has 0 radical (unpaired) electrons. The van der Waals surface area contributed by atoms with Crippen LogP contribution in [0.3, 0.4) is 0 Å². The number of pyridine rings is 1. The number of rotatable bonds is 1. The van der Waals surface area contributed by atoms with Gasteiger partial charge in [-0.25, -0.2) is 4.52 Å². The van der Waals surface area contributed by atoms with E-state index in [9.17, 15) is 0 Å². The number of anilines is 1. The van der Waals surface area contributed by atoms with Crippen LogP contribution in [0.4, 0.5) is 5.95 Å². The molecule has 0 saturated heterocycles. The zero-order chi connectivity index (χ0) is 8.84. The second kappa shape index (κ2) is 2.22. The molecule has 0 unspecified atom stereocenters. The van der Waals surface area contributed by atoms with Gasteiger partial charge in [-0.1, -0.05) is 6.07 Å². The van der Waals surface area contributed by atoms with Crippen LogP contribution in [0.25, 0.3) is 5.65 Å². The van der Waals surface area contributed by atoms with Gasteiger partial charge in [0.2, 0.25) is 5.95 Å². The van der Waals surface area contributed by atoms with Crippen LogP contribution in [0.1, 0.15) is 24.5 Å². The maximum atomic E-state index is 5.54. The van der Waals surface area contributed by atoms with Gasteiger partial charge in [0.1, 0.15) is 0 Å². The molecule has 2 N–H and O–H groups in total. The molecule has 3 rings (SSSR count). The van der Waals surface area contributed by atoms with Crippen molar-refractivity contribution >= 4 is 11.6 Å². The van der Waals surface area contributed by atoms with Crippen LogP contribution in [0.15, 0.2) is 18.2 Å². The second-order valence-corrected chi connectivity index (χ2v) is 3.46. The molecule has 1 saturated carbocycles. The fourth-order valence-electron chi connectivity index (χ4n) is 1.63. The van der Waals surface area contributed by atoms with Crippen LogP contribution < -0.4 is 5.73 Å². The number of nitrogens with two attached hydrogens (primary N) is 1. The van der Waals surface area contributed by atoms with Crippen molar-refractivity contribution in [3.8, 4) is 0 Å². The van der Waals surface area contributed by atoms with Crippen LogP contribution in [0.5, 0.6) is 0 Å². The van der Waals surface area contributed by atoms with Crippen LogP contribution in [0, 0.1) is 0 Å². The first-order chi connectivity index (χ1) is 6.34. The molecule has 4 nitrogen and oxygen atoms in total.